The zero-order valence-electron chi connectivity index (χ0n) is 39.9. The number of ether oxygens (including phenoxy) is 5. The van der Waals surface area contributed by atoms with Gasteiger partial charge in [-0.15, -0.1) is 11.8 Å². The molecule has 0 spiro atoms. The maximum absolute atomic E-state index is 14.9. The summed E-state index contributed by atoms with van der Waals surface area (Å²) in [5.41, 5.74) is 4.44. The Labute approximate surface area is 405 Å². The molecule has 0 bridgehead atoms. The van der Waals surface area contributed by atoms with E-state index in [1.165, 1.54) is 43.8 Å². The van der Waals surface area contributed by atoms with Gasteiger partial charge in [-0.05, 0) is 61.1 Å². The smallest absolute Gasteiger partial charge is 0.320 e. The lowest BCUT2D eigenvalue weighted by molar-refractivity contribution is -0.301. The maximum atomic E-state index is 14.9. The van der Waals surface area contributed by atoms with Crippen molar-refractivity contribution in [2.45, 2.75) is 141 Å². The summed E-state index contributed by atoms with van der Waals surface area (Å²) in [7, 11) is 5.23. The number of Topliss-reactive ketones (excluding diaryl/α,β-unsaturated/α-hetero) is 1. The molecule has 0 saturated carbocycles. The predicted octanol–water partition coefficient (Wildman–Crippen LogP) is 5.42. The molecule has 0 radical (unpaired) electrons. The number of thioether (sulfide) groups is 1. The van der Waals surface area contributed by atoms with Gasteiger partial charge in [-0.25, -0.2) is 9.97 Å². The van der Waals surface area contributed by atoms with Crippen LogP contribution < -0.4 is 11.1 Å². The van der Waals surface area contributed by atoms with Crippen molar-refractivity contribution in [3.63, 3.8) is 0 Å². The second-order valence-corrected chi connectivity index (χ2v) is 21.0. The number of pyridine rings is 2. The number of carbonyl (C=O) groups is 4. The van der Waals surface area contributed by atoms with Crippen molar-refractivity contribution < 1.29 is 53.1 Å². The Morgan fingerprint density at radius 1 is 1.03 bits per heavy atom. The summed E-state index contributed by atoms with van der Waals surface area (Å²) in [6, 6.07) is -0.295. The number of aromatic nitrogens is 4. The van der Waals surface area contributed by atoms with Crippen LogP contribution >= 0.6 is 35.0 Å². The first-order valence-corrected chi connectivity index (χ1v) is 24.5. The average molecular weight is 995 g/mol. The summed E-state index contributed by atoms with van der Waals surface area (Å²) in [5.74, 6) is -5.90. The van der Waals surface area contributed by atoms with Crippen LogP contribution in [0.5, 0.6) is 0 Å². The van der Waals surface area contributed by atoms with Crippen LogP contribution in [0, 0.1) is 29.6 Å². The van der Waals surface area contributed by atoms with Crippen molar-refractivity contribution in [1.82, 2.24) is 24.4 Å². The van der Waals surface area contributed by atoms with E-state index in [1.807, 2.05) is 25.9 Å². The fraction of sp³-hybridized carbons (Fsp3) is 0.674. The third-order valence-corrected chi connectivity index (χ3v) is 16.0. The molecule has 67 heavy (non-hydrogen) atoms. The fourth-order valence-electron chi connectivity index (χ4n) is 10.3. The predicted molar refractivity (Wildman–Crippen MR) is 254 cm³/mol. The molecule has 7 unspecified atom stereocenters. The van der Waals surface area contributed by atoms with E-state index in [-0.39, 0.29) is 75.7 Å². The van der Waals surface area contributed by atoms with E-state index in [2.05, 4.69) is 20.3 Å². The van der Waals surface area contributed by atoms with E-state index in [4.69, 9.17) is 52.6 Å². The number of amides is 1. The number of likely N-dealkylation sites (N-methyl/N-ethyl adjacent to an activating group) is 1. The van der Waals surface area contributed by atoms with Crippen molar-refractivity contribution in [2.75, 3.05) is 38.0 Å². The number of ketones is 1. The summed E-state index contributed by atoms with van der Waals surface area (Å²) >= 11 is 13.9. The molecule has 15 atom stereocenters. The number of methoxy groups -OCH3 is 1. The number of nitrogens with one attached hydrogen (secondary N) is 1. The van der Waals surface area contributed by atoms with Gasteiger partial charge in [0, 0.05) is 67.7 Å². The maximum Gasteiger partial charge on any atom is 0.320 e. The molecule has 21 heteroatoms. The number of halogens is 2. The van der Waals surface area contributed by atoms with Gasteiger partial charge in [0.1, 0.15) is 28.8 Å². The van der Waals surface area contributed by atoms with Gasteiger partial charge in [0.15, 0.2) is 17.7 Å². The number of imidazole rings is 1. The van der Waals surface area contributed by atoms with Crippen LogP contribution in [0.25, 0.3) is 11.0 Å². The highest BCUT2D eigenvalue weighted by atomic mass is 35.5. The summed E-state index contributed by atoms with van der Waals surface area (Å²) in [6.07, 6.45) is 0.633. The van der Waals surface area contributed by atoms with E-state index in [9.17, 15) is 29.4 Å². The van der Waals surface area contributed by atoms with Crippen molar-refractivity contribution >= 4 is 81.1 Å². The Kier molecular flexibility index (Phi) is 16.6. The number of aliphatic hydroxyl groups is 2. The Morgan fingerprint density at radius 2 is 1.70 bits per heavy atom. The minimum Gasteiger partial charge on any atom is -0.458 e. The molecule has 3 fully saturated rings. The highest BCUT2D eigenvalue weighted by Crippen LogP contribution is 2.49. The average Bonchev–Trinajstić information content (AvgIpc) is 3.82. The Balaban J connectivity index is 1.32. The molecule has 3 aliphatic rings. The minimum absolute atomic E-state index is 0.0978. The van der Waals surface area contributed by atoms with Gasteiger partial charge in [0.25, 0.3) is 5.91 Å². The summed E-state index contributed by atoms with van der Waals surface area (Å²) in [6.45, 7) is 14.3. The van der Waals surface area contributed by atoms with Crippen molar-refractivity contribution in [1.29, 1.82) is 0 Å². The van der Waals surface area contributed by atoms with Gasteiger partial charge < -0.3 is 54.4 Å². The number of cyclic esters (lactones) is 1. The Bertz CT molecular complexity index is 2290. The van der Waals surface area contributed by atoms with Gasteiger partial charge in [0.05, 0.1) is 63.0 Å². The number of nitrogens with zero attached hydrogens (tertiary/aromatic N) is 5. The molecule has 18 nitrogen and oxygen atoms in total. The SMILES string of the molecule is CC[C@H]1OC(=O)C(C)[C@@H](O)[C@H](C)[C@@H](O[C@@H]2OC(C)CC(N(C)C)[C@H]2O)C(C)(OC)C[C@@H](C)C(=O)C(C)C2C(SCCn3cnc4c(N)ncc(C(=O)Nc5c(Cl)cncc5Cl)c43)C(=O)O[C@@]21C. The molecule has 370 valence electrons. The third-order valence-electron chi connectivity index (χ3n) is 14.2. The summed E-state index contributed by atoms with van der Waals surface area (Å²) in [5, 5.41) is 25.6. The normalized spacial score (nSPS) is 35.5. The quantitative estimate of drug-likeness (QED) is 0.176. The molecular weight excluding hydrogens is 930 g/mol. The van der Waals surface area contributed by atoms with Gasteiger partial charge in [-0.3, -0.25) is 24.2 Å². The van der Waals surface area contributed by atoms with Crippen molar-refractivity contribution in [2.24, 2.45) is 29.6 Å². The standard InChI is InChI=1S/C46H65Cl2N7O11S/c1-12-30-46(8)31(38(43(61)66-46)67-14-13-55-20-52-33-34(55)26(17-51-40(33)49)41(59)53-32-27(47)18-50-19-28(32)48)23(4)35(56)21(2)16-45(7,62-11)39(24(5)36(57)25(6)42(60)64-30)65-44-37(58)29(54(9)10)15-22(3)63-44/h17-25,29-31,36-39,44,57-58H,12-16H2,1-11H3,(H2,49,51)(H,50,53,59)/t21-,22?,23?,24+,25?,29?,30-,31?,36+,37-,38?,39-,44+,45?,46-/m1/s1. The lowest BCUT2D eigenvalue weighted by Gasteiger charge is -2.48. The molecule has 3 saturated heterocycles. The van der Waals surface area contributed by atoms with Crippen molar-refractivity contribution in [3.8, 4) is 0 Å². The van der Waals surface area contributed by atoms with E-state index in [0.717, 1.165) is 0 Å². The second-order valence-electron chi connectivity index (χ2n) is 19.0. The first kappa shape index (κ1) is 52.7. The number of hydrogen-bond donors (Lipinski definition) is 4. The van der Waals surface area contributed by atoms with Gasteiger partial charge in [0.2, 0.25) is 0 Å². The molecule has 6 heterocycles. The molecule has 3 aromatic rings. The van der Waals surface area contributed by atoms with Gasteiger partial charge in [-0.1, -0.05) is 50.9 Å². The third kappa shape index (κ3) is 10.5. The van der Waals surface area contributed by atoms with Crippen LogP contribution in [0.2, 0.25) is 10.0 Å². The zero-order chi connectivity index (χ0) is 49.4. The van der Waals surface area contributed by atoms with Crippen LogP contribution in [0.3, 0.4) is 0 Å². The molecular formula is C46H65Cl2N7O11S. The number of nitrogen functional groups attached to an aromatic ring is 1. The van der Waals surface area contributed by atoms with Gasteiger partial charge >= 0.3 is 11.9 Å². The molecule has 3 aliphatic heterocycles. The minimum atomic E-state index is -1.46. The van der Waals surface area contributed by atoms with Crippen LogP contribution in [0.1, 0.15) is 85.0 Å². The van der Waals surface area contributed by atoms with Crippen LogP contribution in [0.4, 0.5) is 11.5 Å². The van der Waals surface area contributed by atoms with E-state index in [0.29, 0.717) is 11.9 Å². The first-order chi connectivity index (χ1) is 31.5. The largest absolute Gasteiger partial charge is 0.458 e. The van der Waals surface area contributed by atoms with Crippen LogP contribution in [-0.4, -0.2) is 145 Å². The summed E-state index contributed by atoms with van der Waals surface area (Å²) in [4.78, 5) is 71.5. The lowest BCUT2D eigenvalue weighted by Crippen LogP contribution is -2.60. The highest BCUT2D eigenvalue weighted by Gasteiger charge is 2.61. The molecule has 6 rings (SSSR count). The number of carbonyl (C=O) groups excluding carboxylic acids is 4. The molecule has 5 N–H and O–H groups in total. The summed E-state index contributed by atoms with van der Waals surface area (Å²) < 4.78 is 33.3. The van der Waals surface area contributed by atoms with Crippen LogP contribution in [-0.2, 0) is 44.6 Å². The van der Waals surface area contributed by atoms with Gasteiger partial charge in [-0.2, -0.15) is 0 Å². The lowest BCUT2D eigenvalue weighted by atomic mass is 9.70. The first-order valence-electron chi connectivity index (χ1n) is 22.7. The Morgan fingerprint density at radius 3 is 2.33 bits per heavy atom. The number of esters is 2. The molecule has 3 aromatic heterocycles. The van der Waals surface area contributed by atoms with Crippen LogP contribution in [0.15, 0.2) is 24.9 Å². The van der Waals surface area contributed by atoms with E-state index < -0.39 is 94.6 Å². The molecule has 1 amide bonds. The molecule has 0 aliphatic carbocycles. The fourth-order valence-corrected chi connectivity index (χ4v) is 12.2. The van der Waals surface area contributed by atoms with E-state index >= 15 is 0 Å². The number of fused-ring (bicyclic) bond motifs is 2. The second kappa shape index (κ2) is 21.1. The number of aliphatic hydroxyl groups excluding tert-OH is 2. The number of rotatable bonds is 11. The van der Waals surface area contributed by atoms with E-state index in [1.54, 1.807) is 53.0 Å². The number of anilines is 2. The monoisotopic (exact) mass is 993 g/mol. The topological polar surface area (TPSA) is 240 Å². The number of aryl methyl sites for hydroxylation is 1. The van der Waals surface area contributed by atoms with Crippen molar-refractivity contribution in [3.05, 3.63) is 40.5 Å². The number of nitrogens with two attached hydrogens (primary N) is 1. The highest BCUT2D eigenvalue weighted by molar-refractivity contribution is 8.00. The zero-order valence-corrected chi connectivity index (χ0v) is 42.2. The Hall–Kier alpha value is -3.66. The number of hydrogen-bond acceptors (Lipinski definition) is 17. The molecule has 0 aromatic carbocycles.